The Labute approximate surface area is 713 Å². The number of carbonyl (C=O) groups is 5. The molecular formula is C70H117N5O51. The van der Waals surface area contributed by atoms with Gasteiger partial charge < -0.3 is 254 Å². The van der Waals surface area contributed by atoms with Gasteiger partial charge in [-0.1, -0.05) is 0 Å². The maximum absolute atomic E-state index is 13.5. The number of aliphatic hydroxyl groups excluding tert-OH is 27. The highest BCUT2D eigenvalue weighted by molar-refractivity contribution is 5.75. The molecule has 0 unspecified atom stereocenters. The second-order valence-corrected chi connectivity index (χ2v) is 31.7. The summed E-state index contributed by atoms with van der Waals surface area (Å²) >= 11 is 0. The number of hydrogen-bond donors (Lipinski definition) is 32. The minimum absolute atomic E-state index is 0.801. The zero-order valence-electron chi connectivity index (χ0n) is 67.8. The average Bonchev–Trinajstić information content (AvgIpc) is 0.754. The molecule has 32 N–H and O–H groups in total. The molecule has 10 rings (SSSR count). The molecule has 50 atom stereocenters. The Bertz CT molecular complexity index is 3440. The zero-order valence-corrected chi connectivity index (χ0v) is 67.8. The highest BCUT2D eigenvalue weighted by Gasteiger charge is 2.63. The second kappa shape index (κ2) is 45.5. The fourth-order valence-electron chi connectivity index (χ4n) is 16.4. The van der Waals surface area contributed by atoms with Crippen LogP contribution in [0.15, 0.2) is 0 Å². The molecule has 56 nitrogen and oxygen atoms in total. The van der Waals surface area contributed by atoms with Gasteiger partial charge in [-0.25, -0.2) is 0 Å². The van der Waals surface area contributed by atoms with Crippen LogP contribution in [0.1, 0.15) is 34.6 Å². The molecule has 10 saturated heterocycles. The van der Waals surface area contributed by atoms with Crippen LogP contribution >= 0.6 is 0 Å². The fraction of sp³-hybridized carbons (Fsp3) is 0.929. The first-order valence-corrected chi connectivity index (χ1v) is 40.1. The van der Waals surface area contributed by atoms with Gasteiger partial charge in [0, 0.05) is 34.6 Å². The summed E-state index contributed by atoms with van der Waals surface area (Å²) in [5.74, 6) is -4.67. The van der Waals surface area contributed by atoms with Gasteiger partial charge in [-0.3, -0.25) is 24.0 Å². The normalized spacial score (nSPS) is 48.4. The Morgan fingerprint density at radius 3 is 0.802 bits per heavy atom. The number of nitrogens with one attached hydrogen (secondary N) is 5. The van der Waals surface area contributed by atoms with E-state index in [1.807, 2.05) is 0 Å². The van der Waals surface area contributed by atoms with Crippen LogP contribution in [0.5, 0.6) is 0 Å². The minimum Gasteiger partial charge on any atom is -0.394 e. The molecule has 0 aromatic heterocycles. The lowest BCUT2D eigenvalue weighted by molar-refractivity contribution is -0.406. The highest BCUT2D eigenvalue weighted by Crippen LogP contribution is 2.42. The van der Waals surface area contributed by atoms with E-state index in [0.29, 0.717) is 0 Å². The third-order valence-electron chi connectivity index (χ3n) is 22.9. The molecule has 0 saturated carbocycles. The molecule has 0 aromatic carbocycles. The van der Waals surface area contributed by atoms with Gasteiger partial charge in [-0.05, 0) is 0 Å². The molecule has 10 fully saturated rings. The quantitative estimate of drug-likeness (QED) is 0.0290. The summed E-state index contributed by atoms with van der Waals surface area (Å²) in [7, 11) is 0. The molecule has 728 valence electrons. The number of carbonyl (C=O) groups excluding carboxylic acids is 5. The molecule has 0 spiro atoms. The Morgan fingerprint density at radius 1 is 0.206 bits per heavy atom. The molecule has 5 amide bonds. The molecule has 10 aliphatic heterocycles. The van der Waals surface area contributed by atoms with E-state index in [9.17, 15) is 162 Å². The summed E-state index contributed by atoms with van der Waals surface area (Å²) in [5, 5.41) is 315. The van der Waals surface area contributed by atoms with Crippen LogP contribution in [0.4, 0.5) is 0 Å². The monoisotopic (exact) mass is 1840 g/mol. The molecular weight excluding hydrogens is 1730 g/mol. The molecule has 0 aromatic rings. The van der Waals surface area contributed by atoms with Crippen molar-refractivity contribution in [3.8, 4) is 0 Å². The summed E-state index contributed by atoms with van der Waals surface area (Å²) in [5.41, 5.74) is 0. The summed E-state index contributed by atoms with van der Waals surface area (Å²) in [6.07, 6.45) is -96.1. The van der Waals surface area contributed by atoms with Gasteiger partial charge in [0.2, 0.25) is 29.5 Å². The predicted molar refractivity (Wildman–Crippen MR) is 388 cm³/mol. The molecule has 0 radical (unpaired) electrons. The first-order chi connectivity index (χ1) is 59.6. The SMILES string of the molecule is CC(=O)N[C@@H]1[C@@H](O)[C@H](O[C@@H]2O[C@H](CO)[C@@H](O[C@@H]3O[C@H](CO[C@H]4O[C@H](CO)[C@@H](O)[C@H](O)[C@@H]4O)[C@@H](O)[C@H](O[C@H]4O[C@H](CO)[C@@H](O[C@@H]5O[C@H](CO)[C@@H](O[C@@H]6O[C@H](CO)[C@H](O)[C@H](O)[C@H]6NC(C)=O)[C@H](O)[C@H]5NC(C)=O)[C@H](O)[C@@H]4O[C@@H]4O[C@H](CO)[C@@H](O[C@@H]5O[C@H](CO)[C@H](O)[C@H](O[C@H]6O[C@H](CO)[C@H](O)[C@H](O)[C@H]6O)[C@H]5O)[C@H](O)[C@H]4NC(C)=O)[C@@H]3O)[C@H](O)[C@H]2NC(C)=O)[C@@H](CO)O[C@H]1O. The third-order valence-corrected chi connectivity index (χ3v) is 22.9. The lowest BCUT2D eigenvalue weighted by atomic mass is 9.93. The zero-order chi connectivity index (χ0) is 92.8. The van der Waals surface area contributed by atoms with E-state index in [2.05, 4.69) is 26.6 Å². The summed E-state index contributed by atoms with van der Waals surface area (Å²) in [4.78, 5) is 64.4. The van der Waals surface area contributed by atoms with Crippen molar-refractivity contribution >= 4 is 29.5 Å². The van der Waals surface area contributed by atoms with Gasteiger partial charge in [-0.2, -0.15) is 0 Å². The first kappa shape index (κ1) is 104. The van der Waals surface area contributed by atoms with Crippen molar-refractivity contribution in [2.75, 3.05) is 66.1 Å². The van der Waals surface area contributed by atoms with Gasteiger partial charge >= 0.3 is 0 Å². The van der Waals surface area contributed by atoms with Crippen LogP contribution in [0.25, 0.3) is 0 Å². The number of hydrogen-bond acceptors (Lipinski definition) is 51. The standard InChI is InChI=1S/C70H117N5O51/c1-16(85)71-31-42(96)53(25(10-80)109-61(31)107)119-63-34(74-19(4)88)44(98)56(27(12-82)115-63)123-69-52(106)59(40(94)30(118-69)15-108-66-48(102)46(100)37(91)22(7-77)111-66)125-70-60(50(104)57(29(14-84)117-70)121-64-33(73-18(3)87)43(97)54(26(11-81)114-64)120-62-32(72-17(2)86)41(95)36(90)21(6-76)110-62)126-65-35(75-20(5)89)45(99)55(28(13-83)116-65)122-68-51(105)58(39(93)24(9-79)113-68)124-67-49(103)47(101)38(92)23(8-78)112-67/h21-70,76-84,90-107H,6-15H2,1-5H3,(H,71,85)(H,72,86)(H,73,87)(H,74,88)(H,75,89)/t21-,22-,23-,24-,25-,26-,27-,28-,29-,30-,31-,32-,33-,34-,35-,36+,37-,38+,39+,40-,41-,42-,43-,44-,45-,46+,47+,48+,49-,50+,51-,52+,53-,54-,55-,56-,57-,58+,59+,60+,61-,62+,63+,64+,65+,66+,67-,68+,69+,70-/m1/s1. The van der Waals surface area contributed by atoms with E-state index in [4.69, 9.17) is 90.0 Å². The van der Waals surface area contributed by atoms with Gasteiger partial charge in [0.05, 0.1) is 66.1 Å². The van der Waals surface area contributed by atoms with E-state index in [1.165, 1.54) is 0 Å². The second-order valence-electron chi connectivity index (χ2n) is 31.7. The van der Waals surface area contributed by atoms with Crippen LogP contribution in [-0.4, -0.2) is 540 Å². The minimum atomic E-state index is -2.66. The predicted octanol–water partition coefficient (Wildman–Crippen LogP) is -22.1. The molecule has 0 aliphatic carbocycles. The van der Waals surface area contributed by atoms with Crippen LogP contribution < -0.4 is 26.6 Å². The van der Waals surface area contributed by atoms with Crippen LogP contribution in [0.3, 0.4) is 0 Å². The van der Waals surface area contributed by atoms with E-state index in [-0.39, 0.29) is 0 Å². The molecule has 126 heavy (non-hydrogen) atoms. The van der Waals surface area contributed by atoms with Gasteiger partial charge in [0.1, 0.15) is 244 Å². The highest BCUT2D eigenvalue weighted by atomic mass is 16.8. The van der Waals surface area contributed by atoms with Gasteiger partial charge in [0.15, 0.2) is 62.9 Å². The van der Waals surface area contributed by atoms with Crippen LogP contribution in [0, 0.1) is 0 Å². The van der Waals surface area contributed by atoms with Crippen LogP contribution in [-0.2, 0) is 114 Å². The largest absolute Gasteiger partial charge is 0.394 e. The van der Waals surface area contributed by atoms with E-state index in [1.54, 1.807) is 0 Å². The Kier molecular flexibility index (Phi) is 37.4. The molecule has 10 aliphatic rings. The molecule has 56 heteroatoms. The van der Waals surface area contributed by atoms with Crippen molar-refractivity contribution < 1.29 is 252 Å². The summed E-state index contributed by atoms with van der Waals surface area (Å²) < 4.78 is 114. The Balaban J connectivity index is 1.02. The Morgan fingerprint density at radius 2 is 0.437 bits per heavy atom. The van der Waals surface area contributed by atoms with Crippen molar-refractivity contribution in [2.45, 2.75) is 341 Å². The number of ether oxygens (including phenoxy) is 19. The average molecular weight is 1840 g/mol. The topological polar surface area (TPSA) is 867 Å². The van der Waals surface area contributed by atoms with Crippen molar-refractivity contribution in [1.82, 2.24) is 26.6 Å². The van der Waals surface area contributed by atoms with Gasteiger partial charge in [-0.15, -0.1) is 0 Å². The summed E-state index contributed by atoms with van der Waals surface area (Å²) in [6.45, 7) is -6.66. The lowest BCUT2D eigenvalue weighted by Gasteiger charge is -2.52. The molecule has 10 heterocycles. The van der Waals surface area contributed by atoms with Crippen molar-refractivity contribution in [3.63, 3.8) is 0 Å². The maximum Gasteiger partial charge on any atom is 0.217 e. The van der Waals surface area contributed by atoms with Crippen molar-refractivity contribution in [1.29, 1.82) is 0 Å². The van der Waals surface area contributed by atoms with E-state index >= 15 is 0 Å². The number of aliphatic hydroxyl groups is 27. The number of amides is 5. The number of rotatable bonds is 33. The smallest absolute Gasteiger partial charge is 0.217 e. The van der Waals surface area contributed by atoms with Crippen LogP contribution in [0.2, 0.25) is 0 Å². The first-order valence-electron chi connectivity index (χ1n) is 40.1. The van der Waals surface area contributed by atoms with E-state index < -0.39 is 402 Å². The van der Waals surface area contributed by atoms with Gasteiger partial charge in [0.25, 0.3) is 0 Å². The lowest BCUT2D eigenvalue weighted by Crippen LogP contribution is -2.72. The summed E-state index contributed by atoms with van der Waals surface area (Å²) in [6, 6.07) is -9.53. The van der Waals surface area contributed by atoms with E-state index in [0.717, 1.165) is 34.6 Å². The maximum atomic E-state index is 13.5. The third kappa shape index (κ3) is 22.9. The van der Waals surface area contributed by atoms with Crippen molar-refractivity contribution in [2.24, 2.45) is 0 Å². The molecule has 0 bridgehead atoms. The van der Waals surface area contributed by atoms with Crippen molar-refractivity contribution in [3.05, 3.63) is 0 Å². The Hall–Kier alpha value is -4.49. The fourth-order valence-corrected chi connectivity index (χ4v) is 16.4.